The number of hydrogen-bond donors (Lipinski definition) is 2. The van der Waals surface area contributed by atoms with E-state index in [0.717, 1.165) is 5.56 Å². The van der Waals surface area contributed by atoms with Gasteiger partial charge in [-0.1, -0.05) is 30.3 Å². The molecule has 1 fully saturated rings. The highest BCUT2D eigenvalue weighted by molar-refractivity contribution is 7.91. The molecule has 0 unspecified atom stereocenters. The smallest absolute Gasteiger partial charge is 0.224 e. The number of carbonyl (C=O) groups excluding carboxylic acids is 1. The van der Waals surface area contributed by atoms with Crippen LogP contribution in [0.25, 0.3) is 0 Å². The van der Waals surface area contributed by atoms with E-state index in [1.807, 2.05) is 30.3 Å². The molecule has 1 aromatic carbocycles. The maximum absolute atomic E-state index is 11.9. The number of sulfone groups is 1. The van der Waals surface area contributed by atoms with Crippen molar-refractivity contribution >= 4 is 15.7 Å². The monoisotopic (exact) mass is 311 g/mol. The number of benzene rings is 1. The van der Waals surface area contributed by atoms with Crippen LogP contribution in [0.15, 0.2) is 30.3 Å². The highest BCUT2D eigenvalue weighted by Gasteiger charge is 2.33. The highest BCUT2D eigenvalue weighted by Crippen LogP contribution is 2.24. The number of amides is 1. The lowest BCUT2D eigenvalue weighted by atomic mass is 9.92. The summed E-state index contributed by atoms with van der Waals surface area (Å²) in [6, 6.07) is 9.26. The average molecular weight is 311 g/mol. The second kappa shape index (κ2) is 6.15. The Bertz CT molecular complexity index is 595. The summed E-state index contributed by atoms with van der Waals surface area (Å²) in [5.74, 6) is -0.655. The third-order valence-corrected chi connectivity index (χ3v) is 5.68. The number of rotatable bonds is 5. The van der Waals surface area contributed by atoms with Gasteiger partial charge in [0.1, 0.15) is 0 Å². The Kier molecular flexibility index (Phi) is 4.68. The zero-order chi connectivity index (χ0) is 15.5. The molecule has 1 aromatic rings. The topological polar surface area (TPSA) is 83.5 Å². The Morgan fingerprint density at radius 3 is 2.62 bits per heavy atom. The fourth-order valence-electron chi connectivity index (χ4n) is 2.52. The predicted molar refractivity (Wildman–Crippen MR) is 80.4 cm³/mol. The quantitative estimate of drug-likeness (QED) is 0.844. The average Bonchev–Trinajstić information content (AvgIpc) is 2.80. The van der Waals surface area contributed by atoms with Crippen molar-refractivity contribution in [2.75, 3.05) is 18.1 Å². The molecule has 1 aliphatic heterocycles. The van der Waals surface area contributed by atoms with Gasteiger partial charge in [0.25, 0.3) is 0 Å². The summed E-state index contributed by atoms with van der Waals surface area (Å²) in [6.07, 6.45) is 0.769. The Labute approximate surface area is 125 Å². The van der Waals surface area contributed by atoms with Crippen molar-refractivity contribution in [1.82, 2.24) is 5.32 Å². The lowest BCUT2D eigenvalue weighted by Crippen LogP contribution is -2.35. The van der Waals surface area contributed by atoms with Crippen molar-refractivity contribution in [2.24, 2.45) is 5.92 Å². The first-order chi connectivity index (χ1) is 9.80. The standard InChI is InChI=1S/C15H21NO4S/c1-15(18,13-5-3-2-4-6-13)8-9-16-14(17)12-7-10-21(19,20)11-12/h2-6,12,18H,7-11H2,1H3,(H,16,17)/t12-,15-/m1/s1. The van der Waals surface area contributed by atoms with E-state index in [4.69, 9.17) is 0 Å². The van der Waals surface area contributed by atoms with Crippen molar-refractivity contribution < 1.29 is 18.3 Å². The summed E-state index contributed by atoms with van der Waals surface area (Å²) < 4.78 is 22.7. The molecule has 2 rings (SSSR count). The van der Waals surface area contributed by atoms with Crippen molar-refractivity contribution in [3.05, 3.63) is 35.9 Å². The largest absolute Gasteiger partial charge is 0.385 e. The Hall–Kier alpha value is -1.40. The molecule has 6 heteroatoms. The fraction of sp³-hybridized carbons (Fsp3) is 0.533. The fourth-order valence-corrected chi connectivity index (χ4v) is 4.26. The number of aliphatic hydroxyl groups is 1. The van der Waals surface area contributed by atoms with E-state index in [1.54, 1.807) is 6.92 Å². The second-order valence-electron chi connectivity index (χ2n) is 5.78. The molecule has 2 atom stereocenters. The van der Waals surface area contributed by atoms with Crippen molar-refractivity contribution in [3.63, 3.8) is 0 Å². The van der Waals surface area contributed by atoms with Gasteiger partial charge in [-0.25, -0.2) is 8.42 Å². The maximum atomic E-state index is 11.9. The molecule has 0 saturated carbocycles. The molecule has 1 aliphatic rings. The second-order valence-corrected chi connectivity index (χ2v) is 8.01. The number of carbonyl (C=O) groups is 1. The molecule has 21 heavy (non-hydrogen) atoms. The van der Waals surface area contributed by atoms with E-state index < -0.39 is 21.4 Å². The normalized spacial score (nSPS) is 23.4. The first-order valence-electron chi connectivity index (χ1n) is 7.06. The molecule has 1 amide bonds. The molecule has 2 N–H and O–H groups in total. The summed E-state index contributed by atoms with van der Waals surface area (Å²) in [6.45, 7) is 2.02. The van der Waals surface area contributed by atoms with Gasteiger partial charge in [0.2, 0.25) is 5.91 Å². The Morgan fingerprint density at radius 2 is 2.05 bits per heavy atom. The SMILES string of the molecule is C[C@@](O)(CCNC(=O)[C@@H]1CCS(=O)(=O)C1)c1ccccc1. The number of nitrogens with one attached hydrogen (secondary N) is 1. The van der Waals surface area contributed by atoms with Crippen molar-refractivity contribution in [1.29, 1.82) is 0 Å². The predicted octanol–water partition coefficient (Wildman–Crippen LogP) is 0.835. The molecule has 5 nitrogen and oxygen atoms in total. The third-order valence-electron chi connectivity index (χ3n) is 3.91. The van der Waals surface area contributed by atoms with Crippen molar-refractivity contribution in [3.8, 4) is 0 Å². The van der Waals surface area contributed by atoms with Crippen LogP contribution in [-0.4, -0.2) is 37.5 Å². The van der Waals surface area contributed by atoms with Crippen LogP contribution in [0.2, 0.25) is 0 Å². The van der Waals surface area contributed by atoms with Gasteiger partial charge in [-0.3, -0.25) is 4.79 Å². The number of hydrogen-bond acceptors (Lipinski definition) is 4. The van der Waals surface area contributed by atoms with Crippen LogP contribution in [0.3, 0.4) is 0 Å². The molecule has 116 valence electrons. The minimum atomic E-state index is -3.05. The molecule has 0 aliphatic carbocycles. The molecular weight excluding hydrogens is 290 g/mol. The van der Waals surface area contributed by atoms with Gasteiger partial charge in [0.05, 0.1) is 23.0 Å². The Morgan fingerprint density at radius 1 is 1.38 bits per heavy atom. The van der Waals surface area contributed by atoms with Gasteiger partial charge in [-0.2, -0.15) is 0 Å². The van der Waals surface area contributed by atoms with E-state index in [0.29, 0.717) is 19.4 Å². The van der Waals surface area contributed by atoms with Crippen LogP contribution >= 0.6 is 0 Å². The van der Waals surface area contributed by atoms with Gasteiger partial charge >= 0.3 is 0 Å². The lowest BCUT2D eigenvalue weighted by molar-refractivity contribution is -0.124. The minimum absolute atomic E-state index is 0.0616. The maximum Gasteiger partial charge on any atom is 0.224 e. The van der Waals surface area contributed by atoms with Gasteiger partial charge in [0.15, 0.2) is 9.84 Å². The first kappa shape index (κ1) is 16.0. The van der Waals surface area contributed by atoms with E-state index in [1.165, 1.54) is 0 Å². The van der Waals surface area contributed by atoms with Gasteiger partial charge in [-0.15, -0.1) is 0 Å². The van der Waals surface area contributed by atoms with E-state index in [2.05, 4.69) is 5.32 Å². The summed E-state index contributed by atoms with van der Waals surface area (Å²) in [5.41, 5.74) is -0.223. The molecular formula is C15H21NO4S. The molecule has 0 aromatic heterocycles. The lowest BCUT2D eigenvalue weighted by Gasteiger charge is -2.24. The summed E-state index contributed by atoms with van der Waals surface area (Å²) in [4.78, 5) is 11.9. The van der Waals surface area contributed by atoms with Gasteiger partial charge in [-0.05, 0) is 25.3 Å². The van der Waals surface area contributed by atoms with Gasteiger partial charge in [0, 0.05) is 6.54 Å². The van der Waals surface area contributed by atoms with Crippen LogP contribution in [0.4, 0.5) is 0 Å². The highest BCUT2D eigenvalue weighted by atomic mass is 32.2. The van der Waals surface area contributed by atoms with Gasteiger partial charge < -0.3 is 10.4 Å². The summed E-state index contributed by atoms with van der Waals surface area (Å²) >= 11 is 0. The Balaban J connectivity index is 1.83. The first-order valence-corrected chi connectivity index (χ1v) is 8.88. The molecule has 0 radical (unpaired) electrons. The zero-order valence-electron chi connectivity index (χ0n) is 12.1. The van der Waals surface area contributed by atoms with Crippen LogP contribution in [-0.2, 0) is 20.2 Å². The zero-order valence-corrected chi connectivity index (χ0v) is 12.9. The van der Waals surface area contributed by atoms with E-state index in [-0.39, 0.29) is 17.4 Å². The van der Waals surface area contributed by atoms with Crippen molar-refractivity contribution in [2.45, 2.75) is 25.4 Å². The van der Waals surface area contributed by atoms with Crippen LogP contribution in [0.5, 0.6) is 0 Å². The van der Waals surface area contributed by atoms with E-state index >= 15 is 0 Å². The molecule has 1 saturated heterocycles. The minimum Gasteiger partial charge on any atom is -0.385 e. The van der Waals surface area contributed by atoms with Crippen LogP contribution < -0.4 is 5.32 Å². The van der Waals surface area contributed by atoms with Crippen LogP contribution in [0, 0.1) is 5.92 Å². The third kappa shape index (κ3) is 4.28. The molecule has 0 spiro atoms. The summed E-state index contributed by atoms with van der Waals surface area (Å²) in [7, 11) is -3.05. The van der Waals surface area contributed by atoms with E-state index in [9.17, 15) is 18.3 Å². The molecule has 1 heterocycles. The molecule has 0 bridgehead atoms. The summed E-state index contributed by atoms with van der Waals surface area (Å²) in [5, 5.41) is 13.1. The van der Waals surface area contributed by atoms with Crippen LogP contribution in [0.1, 0.15) is 25.3 Å².